The van der Waals surface area contributed by atoms with Crippen LogP contribution in [-0.4, -0.2) is 30.8 Å². The number of nitrogens with one attached hydrogen (secondary N) is 3. The van der Waals surface area contributed by atoms with Gasteiger partial charge in [-0.15, -0.1) is 0 Å². The molecule has 18 heavy (non-hydrogen) atoms. The first kappa shape index (κ1) is 17.2. The summed E-state index contributed by atoms with van der Waals surface area (Å²) in [6.45, 7) is 17.0. The summed E-state index contributed by atoms with van der Waals surface area (Å²) in [5.74, 6) is 0. The average Bonchev–Trinajstić information content (AvgIpc) is 2.12. The van der Waals surface area contributed by atoms with Crippen molar-refractivity contribution in [2.75, 3.05) is 13.1 Å². The lowest BCUT2D eigenvalue weighted by Gasteiger charge is -2.28. The van der Waals surface area contributed by atoms with Crippen molar-refractivity contribution in [3.05, 3.63) is 6.92 Å². The Morgan fingerprint density at radius 1 is 1.17 bits per heavy atom. The van der Waals surface area contributed by atoms with Crippen LogP contribution < -0.4 is 16.2 Å². The molecule has 1 unspecified atom stereocenters. The second-order valence-corrected chi connectivity index (χ2v) is 6.42. The molecule has 0 saturated carbocycles. The van der Waals surface area contributed by atoms with Gasteiger partial charge >= 0.3 is 6.09 Å². The Morgan fingerprint density at radius 2 is 1.72 bits per heavy atom. The van der Waals surface area contributed by atoms with Crippen LogP contribution in [0.1, 0.15) is 41.5 Å². The summed E-state index contributed by atoms with van der Waals surface area (Å²) in [4.78, 5) is 11.3. The van der Waals surface area contributed by atoms with E-state index in [9.17, 15) is 4.79 Å². The zero-order valence-corrected chi connectivity index (χ0v) is 12.5. The van der Waals surface area contributed by atoms with Crippen LogP contribution >= 0.6 is 0 Å². The topological polar surface area (TPSA) is 62.4 Å². The summed E-state index contributed by atoms with van der Waals surface area (Å²) in [7, 11) is 0. The van der Waals surface area contributed by atoms with E-state index in [0.29, 0.717) is 13.1 Å². The standard InChI is InChI=1S/C13H28N3O2/c1-10(12(2,3)4)16-15-9-8-14-11(17)18-13(5,6)7/h10,15-16H,1,8-9H2,2-7H3,(H,14,17). The van der Waals surface area contributed by atoms with Gasteiger partial charge in [0.05, 0.1) is 0 Å². The molecule has 3 N–H and O–H groups in total. The van der Waals surface area contributed by atoms with Crippen molar-refractivity contribution in [3.63, 3.8) is 0 Å². The Balaban J connectivity index is 3.61. The molecule has 1 amide bonds. The maximum absolute atomic E-state index is 11.3. The number of amides is 1. The van der Waals surface area contributed by atoms with Crippen LogP contribution in [0.25, 0.3) is 0 Å². The minimum Gasteiger partial charge on any atom is -0.444 e. The van der Waals surface area contributed by atoms with Crippen molar-refractivity contribution in [2.45, 2.75) is 53.2 Å². The second-order valence-electron chi connectivity index (χ2n) is 6.42. The number of hydrazine groups is 1. The molecule has 107 valence electrons. The fraction of sp³-hybridized carbons (Fsp3) is 0.846. The van der Waals surface area contributed by atoms with E-state index < -0.39 is 11.7 Å². The Morgan fingerprint density at radius 3 is 2.17 bits per heavy atom. The number of carbonyl (C=O) groups is 1. The second kappa shape index (κ2) is 6.95. The summed E-state index contributed by atoms with van der Waals surface area (Å²) in [5.41, 5.74) is 5.75. The molecular weight excluding hydrogens is 230 g/mol. The van der Waals surface area contributed by atoms with Crippen molar-refractivity contribution in [2.24, 2.45) is 5.41 Å². The van der Waals surface area contributed by atoms with Crippen LogP contribution in [0.2, 0.25) is 0 Å². The highest BCUT2D eigenvalue weighted by molar-refractivity contribution is 5.67. The molecule has 0 aromatic rings. The van der Waals surface area contributed by atoms with Crippen LogP contribution in [0.15, 0.2) is 0 Å². The van der Waals surface area contributed by atoms with Crippen LogP contribution in [0.5, 0.6) is 0 Å². The zero-order valence-electron chi connectivity index (χ0n) is 12.5. The summed E-state index contributed by atoms with van der Waals surface area (Å²) in [6.07, 6.45) is -0.397. The highest BCUT2D eigenvalue weighted by Crippen LogP contribution is 2.17. The third-order valence-electron chi connectivity index (χ3n) is 2.24. The molecule has 0 aromatic carbocycles. The molecule has 1 radical (unpaired) electrons. The number of rotatable bonds is 5. The molecule has 0 spiro atoms. The van der Waals surface area contributed by atoms with Gasteiger partial charge in [-0.25, -0.2) is 4.79 Å². The lowest BCUT2D eigenvalue weighted by atomic mass is 9.89. The third-order valence-corrected chi connectivity index (χ3v) is 2.24. The molecule has 0 saturated heterocycles. The van der Waals surface area contributed by atoms with E-state index in [1.165, 1.54) is 0 Å². The third kappa shape index (κ3) is 9.24. The summed E-state index contributed by atoms with van der Waals surface area (Å²) < 4.78 is 5.11. The quantitative estimate of drug-likeness (QED) is 0.520. The van der Waals surface area contributed by atoms with Gasteiger partial charge in [0.25, 0.3) is 0 Å². The average molecular weight is 258 g/mol. The minimum absolute atomic E-state index is 0.0889. The molecule has 0 aliphatic carbocycles. The van der Waals surface area contributed by atoms with E-state index in [-0.39, 0.29) is 11.5 Å². The van der Waals surface area contributed by atoms with E-state index in [4.69, 9.17) is 4.74 Å². The summed E-state index contributed by atoms with van der Waals surface area (Å²) in [5, 5.41) is 2.67. The van der Waals surface area contributed by atoms with Crippen molar-refractivity contribution in [1.29, 1.82) is 0 Å². The Bertz CT molecular complexity index is 254. The maximum atomic E-state index is 11.3. The number of hydrogen-bond acceptors (Lipinski definition) is 4. The fourth-order valence-electron chi connectivity index (χ4n) is 0.953. The first-order chi connectivity index (χ1) is 8.02. The lowest BCUT2D eigenvalue weighted by Crippen LogP contribution is -2.48. The number of hydrogen-bond donors (Lipinski definition) is 3. The highest BCUT2D eigenvalue weighted by atomic mass is 16.6. The van der Waals surface area contributed by atoms with Crippen molar-refractivity contribution in [3.8, 4) is 0 Å². The molecule has 0 aliphatic rings. The predicted octanol–water partition coefficient (Wildman–Crippen LogP) is 1.85. The zero-order chi connectivity index (χ0) is 14.4. The van der Waals surface area contributed by atoms with Crippen molar-refractivity contribution in [1.82, 2.24) is 16.2 Å². The first-order valence-electron chi connectivity index (χ1n) is 6.31. The van der Waals surface area contributed by atoms with Crippen LogP contribution in [0.3, 0.4) is 0 Å². The van der Waals surface area contributed by atoms with Gasteiger partial charge in [-0.3, -0.25) is 10.9 Å². The Kier molecular flexibility index (Phi) is 6.63. The van der Waals surface area contributed by atoms with E-state index in [1.807, 2.05) is 20.8 Å². The molecule has 5 heteroatoms. The van der Waals surface area contributed by atoms with Crippen LogP contribution in [0.4, 0.5) is 4.79 Å². The van der Waals surface area contributed by atoms with Gasteiger partial charge in [0.2, 0.25) is 0 Å². The Hall–Kier alpha value is -0.810. The van der Waals surface area contributed by atoms with E-state index in [0.717, 1.165) is 0 Å². The molecule has 0 rings (SSSR count). The van der Waals surface area contributed by atoms with Gasteiger partial charge in [0, 0.05) is 19.1 Å². The SMILES string of the molecule is [CH2]C(NNCCNC(=O)OC(C)(C)C)C(C)(C)C. The Labute approximate surface area is 111 Å². The van der Waals surface area contributed by atoms with Gasteiger partial charge in [-0.2, -0.15) is 0 Å². The number of ether oxygens (including phenoxy) is 1. The van der Waals surface area contributed by atoms with Gasteiger partial charge in [0.1, 0.15) is 5.60 Å². The molecule has 0 aromatic heterocycles. The predicted molar refractivity (Wildman–Crippen MR) is 74.0 cm³/mol. The van der Waals surface area contributed by atoms with E-state index >= 15 is 0 Å². The van der Waals surface area contributed by atoms with Crippen molar-refractivity contribution >= 4 is 6.09 Å². The highest BCUT2D eigenvalue weighted by Gasteiger charge is 2.19. The van der Waals surface area contributed by atoms with E-state index in [2.05, 4.69) is 43.9 Å². The van der Waals surface area contributed by atoms with Crippen LogP contribution in [-0.2, 0) is 4.74 Å². The number of alkyl carbamates (subject to hydrolysis) is 1. The smallest absolute Gasteiger partial charge is 0.407 e. The van der Waals surface area contributed by atoms with Gasteiger partial charge in [-0.05, 0) is 33.1 Å². The molecule has 1 atom stereocenters. The van der Waals surface area contributed by atoms with E-state index in [1.54, 1.807) is 0 Å². The normalized spacial score (nSPS) is 14.2. The summed E-state index contributed by atoms with van der Waals surface area (Å²) in [6, 6.07) is 0.0963. The molecule has 5 nitrogen and oxygen atoms in total. The molecule has 0 aliphatic heterocycles. The molecule has 0 fully saturated rings. The van der Waals surface area contributed by atoms with Gasteiger partial charge in [-0.1, -0.05) is 20.8 Å². The molecule has 0 bridgehead atoms. The first-order valence-corrected chi connectivity index (χ1v) is 6.31. The minimum atomic E-state index is -0.458. The van der Waals surface area contributed by atoms with Gasteiger partial charge < -0.3 is 10.1 Å². The largest absolute Gasteiger partial charge is 0.444 e. The van der Waals surface area contributed by atoms with Gasteiger partial charge in [0.15, 0.2) is 0 Å². The van der Waals surface area contributed by atoms with Crippen molar-refractivity contribution < 1.29 is 9.53 Å². The van der Waals surface area contributed by atoms with Crippen LogP contribution in [0, 0.1) is 12.3 Å². The molecule has 0 heterocycles. The summed E-state index contributed by atoms with van der Waals surface area (Å²) >= 11 is 0. The number of carbonyl (C=O) groups excluding carboxylic acids is 1. The lowest BCUT2D eigenvalue weighted by molar-refractivity contribution is 0.0527. The molecular formula is C13H28N3O2. The monoisotopic (exact) mass is 258 g/mol. The maximum Gasteiger partial charge on any atom is 0.407 e. The fourth-order valence-corrected chi connectivity index (χ4v) is 0.953.